The van der Waals surface area contributed by atoms with E-state index in [2.05, 4.69) is 58.3 Å². The van der Waals surface area contributed by atoms with Gasteiger partial charge in [-0.15, -0.1) is 0 Å². The van der Waals surface area contributed by atoms with Crippen molar-refractivity contribution < 1.29 is 4.79 Å². The number of hydrogen-bond donors (Lipinski definition) is 1. The van der Waals surface area contributed by atoms with E-state index in [1.807, 2.05) is 6.07 Å². The van der Waals surface area contributed by atoms with Gasteiger partial charge in [0, 0.05) is 49.3 Å². The molecule has 1 aromatic carbocycles. The molecule has 2 aromatic rings. The molecule has 0 radical (unpaired) electrons. The summed E-state index contributed by atoms with van der Waals surface area (Å²) in [6, 6.07) is 10.9. The van der Waals surface area contributed by atoms with E-state index in [0.29, 0.717) is 23.4 Å². The molecule has 1 aromatic heterocycles. The molecule has 0 unspecified atom stereocenters. The predicted molar refractivity (Wildman–Crippen MR) is 101 cm³/mol. The molecule has 3 atom stereocenters. The number of benzene rings is 1. The predicted octanol–water partition coefficient (Wildman–Crippen LogP) is 2.82. The van der Waals surface area contributed by atoms with Gasteiger partial charge in [-0.1, -0.05) is 44.2 Å². The van der Waals surface area contributed by atoms with Crippen molar-refractivity contribution >= 4 is 5.91 Å². The van der Waals surface area contributed by atoms with Gasteiger partial charge in [-0.3, -0.25) is 4.79 Å². The van der Waals surface area contributed by atoms with Gasteiger partial charge in [0.05, 0.1) is 5.56 Å². The van der Waals surface area contributed by atoms with Crippen LogP contribution in [0.5, 0.6) is 0 Å². The van der Waals surface area contributed by atoms with Crippen LogP contribution in [0.4, 0.5) is 0 Å². The fourth-order valence-corrected chi connectivity index (χ4v) is 4.35. The van der Waals surface area contributed by atoms with Gasteiger partial charge in [0.15, 0.2) is 0 Å². The zero-order valence-electron chi connectivity index (χ0n) is 15.4. The molecule has 2 saturated heterocycles. The third-order valence-electron chi connectivity index (χ3n) is 5.73. The number of carbonyl (C=O) groups is 1. The van der Waals surface area contributed by atoms with Crippen molar-refractivity contribution in [3.05, 3.63) is 59.7 Å². The van der Waals surface area contributed by atoms with E-state index in [-0.39, 0.29) is 11.8 Å². The van der Waals surface area contributed by atoms with E-state index >= 15 is 0 Å². The molecule has 0 spiro atoms. The Hall–Kier alpha value is -2.27. The SMILES string of the molecule is CC(C)c1ncc(C(=O)N2C[C@H](c3ccccc3)[C@H]3CNCC[C@H]32)cn1. The highest BCUT2D eigenvalue weighted by molar-refractivity contribution is 5.94. The lowest BCUT2D eigenvalue weighted by Gasteiger charge is -2.33. The summed E-state index contributed by atoms with van der Waals surface area (Å²) in [5.41, 5.74) is 1.92. The fraction of sp³-hybridized carbons (Fsp3) is 0.476. The molecule has 1 N–H and O–H groups in total. The number of likely N-dealkylation sites (tertiary alicyclic amines) is 1. The second-order valence-corrected chi connectivity index (χ2v) is 7.68. The Kier molecular flexibility index (Phi) is 4.72. The van der Waals surface area contributed by atoms with E-state index in [9.17, 15) is 4.79 Å². The minimum Gasteiger partial charge on any atom is -0.335 e. The van der Waals surface area contributed by atoms with Crippen LogP contribution in [0.1, 0.15) is 53.8 Å². The van der Waals surface area contributed by atoms with Gasteiger partial charge in [0.25, 0.3) is 5.91 Å². The minimum atomic E-state index is 0.0654. The summed E-state index contributed by atoms with van der Waals surface area (Å²) < 4.78 is 0. The first-order valence-electron chi connectivity index (χ1n) is 9.53. The molecule has 5 nitrogen and oxygen atoms in total. The third kappa shape index (κ3) is 3.12. The summed E-state index contributed by atoms with van der Waals surface area (Å²) in [5.74, 6) is 1.96. The van der Waals surface area contributed by atoms with E-state index in [1.165, 1.54) is 5.56 Å². The first kappa shape index (κ1) is 17.2. The van der Waals surface area contributed by atoms with Crippen molar-refractivity contribution in [2.24, 2.45) is 5.92 Å². The quantitative estimate of drug-likeness (QED) is 0.925. The molecule has 1 amide bonds. The first-order valence-corrected chi connectivity index (χ1v) is 9.53. The maximum atomic E-state index is 13.2. The molecule has 3 heterocycles. The van der Waals surface area contributed by atoms with E-state index in [1.54, 1.807) is 12.4 Å². The number of piperidine rings is 1. The summed E-state index contributed by atoms with van der Waals surface area (Å²) in [7, 11) is 0. The third-order valence-corrected chi connectivity index (χ3v) is 5.73. The molecule has 2 aliphatic rings. The molecule has 136 valence electrons. The minimum absolute atomic E-state index is 0.0654. The highest BCUT2D eigenvalue weighted by atomic mass is 16.2. The van der Waals surface area contributed by atoms with Crippen LogP contribution in [-0.4, -0.2) is 46.5 Å². The average molecular weight is 350 g/mol. The molecule has 26 heavy (non-hydrogen) atoms. The largest absolute Gasteiger partial charge is 0.335 e. The Morgan fingerprint density at radius 2 is 1.92 bits per heavy atom. The summed E-state index contributed by atoms with van der Waals surface area (Å²) in [4.78, 5) is 24.0. The summed E-state index contributed by atoms with van der Waals surface area (Å²) in [6.45, 7) is 6.82. The lowest BCUT2D eigenvalue weighted by Crippen LogP contribution is -2.46. The fourth-order valence-electron chi connectivity index (χ4n) is 4.35. The molecular weight excluding hydrogens is 324 g/mol. The maximum absolute atomic E-state index is 13.2. The summed E-state index contributed by atoms with van der Waals surface area (Å²) in [6.07, 6.45) is 4.39. The Morgan fingerprint density at radius 3 is 2.62 bits per heavy atom. The van der Waals surface area contributed by atoms with E-state index in [4.69, 9.17) is 0 Å². The number of nitrogens with one attached hydrogen (secondary N) is 1. The van der Waals surface area contributed by atoms with Gasteiger partial charge in [0.2, 0.25) is 0 Å². The lowest BCUT2D eigenvalue weighted by atomic mass is 9.82. The lowest BCUT2D eigenvalue weighted by molar-refractivity contribution is 0.0696. The zero-order chi connectivity index (χ0) is 18.1. The standard InChI is InChI=1S/C21H26N4O/c1-14(2)20-23-10-16(11-24-20)21(26)25-13-18(15-6-4-3-5-7-15)17-12-22-9-8-19(17)25/h3-7,10-11,14,17-19,22H,8-9,12-13H2,1-2H3/t17-,18-,19-/m1/s1. The van der Waals surface area contributed by atoms with Crippen LogP contribution in [0.3, 0.4) is 0 Å². The smallest absolute Gasteiger partial charge is 0.257 e. The van der Waals surface area contributed by atoms with Crippen molar-refractivity contribution in [3.8, 4) is 0 Å². The van der Waals surface area contributed by atoms with Gasteiger partial charge in [-0.25, -0.2) is 9.97 Å². The topological polar surface area (TPSA) is 58.1 Å². The van der Waals surface area contributed by atoms with Crippen LogP contribution in [0.25, 0.3) is 0 Å². The molecule has 2 fully saturated rings. The Bertz CT molecular complexity index is 759. The molecule has 4 rings (SSSR count). The monoisotopic (exact) mass is 350 g/mol. The van der Waals surface area contributed by atoms with Gasteiger partial charge in [-0.2, -0.15) is 0 Å². The van der Waals surface area contributed by atoms with E-state index < -0.39 is 0 Å². The molecule has 0 aliphatic carbocycles. The molecule has 0 bridgehead atoms. The number of hydrogen-bond acceptors (Lipinski definition) is 4. The number of rotatable bonds is 3. The van der Waals surface area contributed by atoms with Crippen LogP contribution in [-0.2, 0) is 0 Å². The maximum Gasteiger partial charge on any atom is 0.257 e. The molecule has 5 heteroatoms. The average Bonchev–Trinajstić information content (AvgIpc) is 3.08. The highest BCUT2D eigenvalue weighted by Crippen LogP contribution is 2.40. The van der Waals surface area contributed by atoms with Crippen LogP contribution in [0, 0.1) is 5.92 Å². The van der Waals surface area contributed by atoms with Crippen molar-refractivity contribution in [1.29, 1.82) is 0 Å². The molecular formula is C21H26N4O. The number of aromatic nitrogens is 2. The second-order valence-electron chi connectivity index (χ2n) is 7.68. The van der Waals surface area contributed by atoms with E-state index in [0.717, 1.165) is 31.9 Å². The number of carbonyl (C=O) groups excluding carboxylic acids is 1. The van der Waals surface area contributed by atoms with Crippen LogP contribution in [0.2, 0.25) is 0 Å². The first-order chi connectivity index (χ1) is 12.6. The molecule has 0 saturated carbocycles. The normalized spacial score (nSPS) is 25.3. The van der Waals surface area contributed by atoms with Crippen molar-refractivity contribution in [2.75, 3.05) is 19.6 Å². The van der Waals surface area contributed by atoms with Crippen molar-refractivity contribution in [2.45, 2.75) is 38.1 Å². The van der Waals surface area contributed by atoms with Gasteiger partial charge in [-0.05, 0) is 18.5 Å². The number of fused-ring (bicyclic) bond motifs is 1. The summed E-state index contributed by atoms with van der Waals surface area (Å²) >= 11 is 0. The van der Waals surface area contributed by atoms with Crippen molar-refractivity contribution in [3.63, 3.8) is 0 Å². The summed E-state index contributed by atoms with van der Waals surface area (Å²) in [5, 5.41) is 3.51. The van der Waals surface area contributed by atoms with Crippen LogP contribution < -0.4 is 5.32 Å². The number of nitrogens with zero attached hydrogens (tertiary/aromatic N) is 3. The zero-order valence-corrected chi connectivity index (χ0v) is 15.4. The second kappa shape index (κ2) is 7.16. The molecule has 2 aliphatic heterocycles. The Morgan fingerprint density at radius 1 is 1.19 bits per heavy atom. The van der Waals surface area contributed by atoms with Crippen LogP contribution in [0.15, 0.2) is 42.7 Å². The van der Waals surface area contributed by atoms with Crippen LogP contribution >= 0.6 is 0 Å². The Labute approximate surface area is 154 Å². The Balaban J connectivity index is 1.60. The number of amides is 1. The van der Waals surface area contributed by atoms with Gasteiger partial charge in [0.1, 0.15) is 5.82 Å². The van der Waals surface area contributed by atoms with Gasteiger partial charge >= 0.3 is 0 Å². The highest BCUT2D eigenvalue weighted by Gasteiger charge is 2.45. The van der Waals surface area contributed by atoms with Gasteiger partial charge < -0.3 is 10.2 Å². The van der Waals surface area contributed by atoms with Crippen molar-refractivity contribution in [1.82, 2.24) is 20.2 Å².